The summed E-state index contributed by atoms with van der Waals surface area (Å²) in [5.74, 6) is -1.09. The fourth-order valence-electron chi connectivity index (χ4n) is 1.75. The van der Waals surface area contributed by atoms with Crippen molar-refractivity contribution in [2.75, 3.05) is 25.6 Å². The number of nitrogens with zero attached hydrogens (tertiary/aromatic N) is 1. The van der Waals surface area contributed by atoms with Gasteiger partial charge in [-0.25, -0.2) is 13.1 Å². The van der Waals surface area contributed by atoms with E-state index in [1.165, 1.54) is 25.3 Å². The number of amides is 1. The van der Waals surface area contributed by atoms with Crippen LogP contribution in [0.5, 0.6) is 0 Å². The number of nitrogens with one attached hydrogen (secondary N) is 1. The van der Waals surface area contributed by atoms with E-state index in [-0.39, 0.29) is 17.0 Å². The van der Waals surface area contributed by atoms with Crippen LogP contribution in [0.25, 0.3) is 0 Å². The lowest BCUT2D eigenvalue weighted by atomic mass is 10.2. The molecular formula is C11H12N2O5S. The van der Waals surface area contributed by atoms with Crippen molar-refractivity contribution in [2.24, 2.45) is 0 Å². The van der Waals surface area contributed by atoms with Crippen molar-refractivity contribution < 1.29 is 22.7 Å². The molecule has 0 bridgehead atoms. The number of anilines is 1. The molecule has 0 radical (unpaired) electrons. The Morgan fingerprint density at radius 2 is 2.11 bits per heavy atom. The van der Waals surface area contributed by atoms with Crippen molar-refractivity contribution in [2.45, 2.75) is 4.90 Å². The van der Waals surface area contributed by atoms with Crippen LogP contribution in [-0.4, -0.2) is 41.0 Å². The second-order valence-electron chi connectivity index (χ2n) is 4.05. The highest BCUT2D eigenvalue weighted by Crippen LogP contribution is 2.26. The van der Waals surface area contributed by atoms with E-state index in [1.54, 1.807) is 11.9 Å². The molecule has 0 aliphatic carbocycles. The molecule has 1 N–H and O–H groups in total. The first kappa shape index (κ1) is 13.3. The summed E-state index contributed by atoms with van der Waals surface area (Å²) < 4.78 is 29.5. The Bertz CT molecular complexity index is 653. The number of methoxy groups -OCH3 is 1. The molecule has 19 heavy (non-hydrogen) atoms. The van der Waals surface area contributed by atoms with Gasteiger partial charge in [0.25, 0.3) is 15.9 Å². The molecule has 0 saturated carbocycles. The predicted octanol–water partition coefficient (Wildman–Crippen LogP) is -0.272. The summed E-state index contributed by atoms with van der Waals surface area (Å²) in [6.45, 7) is 0.00363. The molecule has 0 unspecified atom stereocenters. The van der Waals surface area contributed by atoms with Crippen molar-refractivity contribution in [1.82, 2.24) is 4.72 Å². The van der Waals surface area contributed by atoms with Crippen LogP contribution >= 0.6 is 0 Å². The molecule has 1 amide bonds. The van der Waals surface area contributed by atoms with E-state index in [4.69, 9.17) is 0 Å². The minimum absolute atomic E-state index is 0.00363. The Morgan fingerprint density at radius 1 is 1.42 bits per heavy atom. The molecule has 1 aliphatic heterocycles. The van der Waals surface area contributed by atoms with Gasteiger partial charge in [-0.2, -0.15) is 0 Å². The van der Waals surface area contributed by atoms with Gasteiger partial charge in [0.15, 0.2) is 0 Å². The Kier molecular flexibility index (Phi) is 3.19. The highest BCUT2D eigenvalue weighted by atomic mass is 32.2. The highest BCUT2D eigenvalue weighted by Gasteiger charge is 2.32. The van der Waals surface area contributed by atoms with Crippen LogP contribution in [0.15, 0.2) is 23.1 Å². The first-order valence-corrected chi connectivity index (χ1v) is 6.82. The maximum Gasteiger partial charge on any atom is 0.325 e. The molecule has 8 heteroatoms. The third kappa shape index (κ3) is 2.39. The molecule has 102 valence electrons. The smallest absolute Gasteiger partial charge is 0.325 e. The number of esters is 1. The molecule has 7 nitrogen and oxygen atoms in total. The van der Waals surface area contributed by atoms with Crippen LogP contribution in [0.4, 0.5) is 5.69 Å². The number of carbonyl (C=O) groups is 2. The molecule has 1 heterocycles. The summed E-state index contributed by atoms with van der Waals surface area (Å²) in [6.07, 6.45) is 0. The van der Waals surface area contributed by atoms with Crippen LogP contribution in [0.3, 0.4) is 0 Å². The van der Waals surface area contributed by atoms with Gasteiger partial charge in [0, 0.05) is 12.7 Å². The van der Waals surface area contributed by atoms with Crippen LogP contribution in [0.1, 0.15) is 10.4 Å². The second kappa shape index (κ2) is 4.54. The fourth-order valence-corrected chi connectivity index (χ4v) is 2.90. The largest absolute Gasteiger partial charge is 0.468 e. The van der Waals surface area contributed by atoms with Crippen molar-refractivity contribution >= 4 is 27.6 Å². The summed E-state index contributed by atoms with van der Waals surface area (Å²) in [7, 11) is -0.819. The number of likely N-dealkylation sites (N-methyl/N-ethyl adjacent to an activating group) is 1. The van der Waals surface area contributed by atoms with Gasteiger partial charge in [-0.1, -0.05) is 0 Å². The van der Waals surface area contributed by atoms with Crippen molar-refractivity contribution in [3.8, 4) is 0 Å². The quantitative estimate of drug-likeness (QED) is 0.768. The predicted molar refractivity (Wildman–Crippen MR) is 66.4 cm³/mol. The van der Waals surface area contributed by atoms with Crippen LogP contribution in [-0.2, 0) is 19.6 Å². The van der Waals surface area contributed by atoms with Gasteiger partial charge in [0.2, 0.25) is 0 Å². The summed E-state index contributed by atoms with van der Waals surface area (Å²) in [5, 5.41) is 0. The van der Waals surface area contributed by atoms with E-state index >= 15 is 0 Å². The topological polar surface area (TPSA) is 92.8 Å². The lowest BCUT2D eigenvalue weighted by Gasteiger charge is -2.17. The molecule has 0 atom stereocenters. The van der Waals surface area contributed by atoms with Gasteiger partial charge in [-0.05, 0) is 18.2 Å². The van der Waals surface area contributed by atoms with Crippen LogP contribution in [0, 0.1) is 0 Å². The fraction of sp³-hybridized carbons (Fsp3) is 0.273. The van der Waals surface area contributed by atoms with Crippen molar-refractivity contribution in [3.63, 3.8) is 0 Å². The first-order valence-electron chi connectivity index (χ1n) is 5.34. The van der Waals surface area contributed by atoms with Crippen molar-refractivity contribution in [1.29, 1.82) is 0 Å². The number of hydrogen-bond donors (Lipinski definition) is 1. The van der Waals surface area contributed by atoms with E-state index in [0.717, 1.165) is 0 Å². The zero-order valence-corrected chi connectivity index (χ0v) is 11.2. The number of ether oxygens (including phenoxy) is 1. The maximum atomic E-state index is 11.5. The third-order valence-corrected chi connectivity index (χ3v) is 4.15. The zero-order valence-electron chi connectivity index (χ0n) is 10.3. The van der Waals surface area contributed by atoms with E-state index in [1.807, 2.05) is 4.72 Å². The highest BCUT2D eigenvalue weighted by molar-refractivity contribution is 7.90. The van der Waals surface area contributed by atoms with E-state index in [0.29, 0.717) is 5.69 Å². The number of rotatable bonds is 3. The normalized spacial score (nSPS) is 15.6. The summed E-state index contributed by atoms with van der Waals surface area (Å²) in [6, 6.07) is 4.30. The Labute approximate surface area is 110 Å². The maximum absolute atomic E-state index is 11.5. The van der Waals surface area contributed by atoms with E-state index in [2.05, 4.69) is 4.74 Å². The molecule has 2 rings (SSSR count). The van der Waals surface area contributed by atoms with Crippen LogP contribution in [0.2, 0.25) is 0 Å². The Morgan fingerprint density at radius 3 is 2.74 bits per heavy atom. The third-order valence-electron chi connectivity index (χ3n) is 2.76. The minimum atomic E-state index is -3.73. The molecule has 1 aliphatic rings. The van der Waals surface area contributed by atoms with Gasteiger partial charge in [-0.3, -0.25) is 9.59 Å². The summed E-state index contributed by atoms with van der Waals surface area (Å²) in [4.78, 5) is 24.2. The number of hydrogen-bond acceptors (Lipinski definition) is 6. The summed E-state index contributed by atoms with van der Waals surface area (Å²) >= 11 is 0. The van der Waals surface area contributed by atoms with Gasteiger partial charge in [0.05, 0.1) is 12.7 Å². The Balaban J connectivity index is 2.35. The number of benzene rings is 1. The summed E-state index contributed by atoms with van der Waals surface area (Å²) in [5.41, 5.74) is 0.630. The van der Waals surface area contributed by atoms with Gasteiger partial charge < -0.3 is 9.64 Å². The lowest BCUT2D eigenvalue weighted by molar-refractivity contribution is -0.138. The number of carbonyl (C=O) groups excluding carboxylic acids is 2. The zero-order chi connectivity index (χ0) is 14.2. The SMILES string of the molecule is COC(=O)CN(C)c1ccc2c(c1)C(=O)NS2(=O)=O. The molecule has 1 aromatic rings. The average molecular weight is 284 g/mol. The van der Waals surface area contributed by atoms with Crippen LogP contribution < -0.4 is 9.62 Å². The van der Waals surface area contributed by atoms with Gasteiger partial charge in [0.1, 0.15) is 11.4 Å². The second-order valence-corrected chi connectivity index (χ2v) is 5.70. The van der Waals surface area contributed by atoms with E-state index < -0.39 is 21.9 Å². The monoisotopic (exact) mass is 284 g/mol. The number of sulfonamides is 1. The molecule has 0 fully saturated rings. The minimum Gasteiger partial charge on any atom is -0.468 e. The van der Waals surface area contributed by atoms with E-state index in [9.17, 15) is 18.0 Å². The molecule has 0 saturated heterocycles. The Hall–Kier alpha value is -2.09. The van der Waals surface area contributed by atoms with Gasteiger partial charge >= 0.3 is 5.97 Å². The molecule has 1 aromatic carbocycles. The lowest BCUT2D eigenvalue weighted by Crippen LogP contribution is -2.26. The first-order chi connectivity index (χ1) is 8.85. The van der Waals surface area contributed by atoms with Gasteiger partial charge in [-0.15, -0.1) is 0 Å². The molecule has 0 spiro atoms. The molecule has 0 aromatic heterocycles. The average Bonchev–Trinajstić information content (AvgIpc) is 2.59. The standard InChI is InChI=1S/C11H12N2O5S/c1-13(6-10(14)18-2)7-3-4-9-8(5-7)11(15)12-19(9,16)17/h3-5H,6H2,1-2H3,(H,12,15). The van der Waals surface area contributed by atoms with Crippen molar-refractivity contribution in [3.05, 3.63) is 23.8 Å². The molecular weight excluding hydrogens is 272 g/mol. The number of fused-ring (bicyclic) bond motifs is 1.